The van der Waals surface area contributed by atoms with Gasteiger partial charge in [-0.3, -0.25) is 4.79 Å². The summed E-state index contributed by atoms with van der Waals surface area (Å²) in [7, 11) is -3.74. The van der Waals surface area contributed by atoms with Crippen LogP contribution in [0, 0.1) is 6.92 Å². The number of aromatic carboxylic acids is 1. The molecular weight excluding hydrogens is 394 g/mol. The molecule has 0 radical (unpaired) electrons. The topological polar surface area (TPSA) is 101 Å². The Balaban J connectivity index is 1.51. The summed E-state index contributed by atoms with van der Waals surface area (Å²) in [5.41, 5.74) is 0.929. The van der Waals surface area contributed by atoms with Crippen LogP contribution in [-0.2, 0) is 10.0 Å². The predicted octanol–water partition coefficient (Wildman–Crippen LogP) is 2.88. The van der Waals surface area contributed by atoms with E-state index in [1.54, 1.807) is 6.07 Å². The molecule has 0 unspecified atom stereocenters. The van der Waals surface area contributed by atoms with Gasteiger partial charge in [-0.05, 0) is 43.3 Å². The monoisotopic (exact) mass is 415 g/mol. The highest BCUT2D eigenvalue weighted by Crippen LogP contribution is 2.40. The Labute approximate surface area is 169 Å². The molecule has 2 aromatic carbocycles. The van der Waals surface area contributed by atoms with Crippen LogP contribution in [0.3, 0.4) is 0 Å². The number of Topliss-reactive ketones (excluding diaryl/α,β-unsaturated/α-hetero) is 1. The van der Waals surface area contributed by atoms with E-state index in [-0.39, 0.29) is 35.8 Å². The van der Waals surface area contributed by atoms with Gasteiger partial charge in [0.2, 0.25) is 10.0 Å². The fourth-order valence-electron chi connectivity index (χ4n) is 3.94. The zero-order valence-corrected chi connectivity index (χ0v) is 16.7. The van der Waals surface area contributed by atoms with Gasteiger partial charge in [0.15, 0.2) is 5.78 Å². The number of sulfonamides is 1. The molecule has 0 aromatic heterocycles. The summed E-state index contributed by atoms with van der Waals surface area (Å²) in [6, 6.07) is 10.7. The Morgan fingerprint density at radius 2 is 1.76 bits per heavy atom. The van der Waals surface area contributed by atoms with Crippen LogP contribution in [-0.4, -0.2) is 48.3 Å². The molecule has 152 valence electrons. The Bertz CT molecular complexity index is 1080. The second-order valence-electron chi connectivity index (χ2n) is 7.62. The lowest BCUT2D eigenvalue weighted by molar-refractivity contribution is 0.00587. The fourth-order valence-corrected chi connectivity index (χ4v) is 5.38. The molecule has 2 aliphatic rings. The standard InChI is InChI=1S/C21H21NO6S/c1-14-2-7-19-17(12-14)18(23)13-21(28-19)8-10-22(11-9-21)29(26,27)16-5-3-15(4-6-16)20(24)25/h2-7,12H,8-11,13H2,1H3,(H,24,25). The van der Waals surface area contributed by atoms with E-state index in [4.69, 9.17) is 9.84 Å². The normalized spacial score (nSPS) is 18.9. The highest BCUT2D eigenvalue weighted by atomic mass is 32.2. The van der Waals surface area contributed by atoms with Crippen molar-refractivity contribution in [1.29, 1.82) is 0 Å². The summed E-state index contributed by atoms with van der Waals surface area (Å²) in [5, 5.41) is 8.97. The lowest BCUT2D eigenvalue weighted by atomic mass is 9.83. The number of benzene rings is 2. The molecule has 29 heavy (non-hydrogen) atoms. The zero-order valence-electron chi connectivity index (χ0n) is 15.9. The smallest absolute Gasteiger partial charge is 0.335 e. The Kier molecular flexibility index (Phi) is 4.71. The number of fused-ring (bicyclic) bond motifs is 1. The summed E-state index contributed by atoms with van der Waals surface area (Å²) in [6.45, 7) is 2.39. The second-order valence-corrected chi connectivity index (χ2v) is 9.56. The lowest BCUT2D eigenvalue weighted by Crippen LogP contribution is -2.52. The Hall–Kier alpha value is -2.71. The molecule has 7 nitrogen and oxygen atoms in total. The molecule has 1 fully saturated rings. The van der Waals surface area contributed by atoms with Crippen molar-refractivity contribution in [3.63, 3.8) is 0 Å². The van der Waals surface area contributed by atoms with Crippen LogP contribution < -0.4 is 4.74 Å². The van der Waals surface area contributed by atoms with Gasteiger partial charge in [-0.25, -0.2) is 13.2 Å². The molecule has 2 aliphatic heterocycles. The Morgan fingerprint density at radius 1 is 1.10 bits per heavy atom. The first-order chi connectivity index (χ1) is 13.7. The summed E-state index contributed by atoms with van der Waals surface area (Å²) >= 11 is 0. The molecular formula is C21H21NO6S. The third-order valence-electron chi connectivity index (χ3n) is 5.62. The maximum atomic E-state index is 12.9. The molecule has 0 bridgehead atoms. The molecule has 0 saturated carbocycles. The lowest BCUT2D eigenvalue weighted by Gasteiger charge is -2.43. The number of carbonyl (C=O) groups excluding carboxylic acids is 1. The number of carboxylic acid groups (broad SMARTS) is 1. The first kappa shape index (κ1) is 19.6. The molecule has 4 rings (SSSR count). The van der Waals surface area contributed by atoms with Gasteiger partial charge in [0.1, 0.15) is 11.4 Å². The summed E-state index contributed by atoms with van der Waals surface area (Å²) in [6.07, 6.45) is 1.07. The minimum absolute atomic E-state index is 0.0236. The van der Waals surface area contributed by atoms with Gasteiger partial charge < -0.3 is 9.84 Å². The van der Waals surface area contributed by atoms with Crippen LogP contribution in [0.2, 0.25) is 0 Å². The van der Waals surface area contributed by atoms with Crippen LogP contribution in [0.4, 0.5) is 0 Å². The van der Waals surface area contributed by atoms with Crippen molar-refractivity contribution in [1.82, 2.24) is 4.31 Å². The molecule has 2 aromatic rings. The molecule has 1 N–H and O–H groups in total. The van der Waals surface area contributed by atoms with E-state index in [2.05, 4.69) is 0 Å². The first-order valence-electron chi connectivity index (χ1n) is 9.37. The van der Waals surface area contributed by atoms with Crippen LogP contribution >= 0.6 is 0 Å². The molecule has 1 saturated heterocycles. The van der Waals surface area contributed by atoms with Crippen molar-refractivity contribution in [3.8, 4) is 5.75 Å². The number of hydrogen-bond donors (Lipinski definition) is 1. The number of rotatable bonds is 3. The Morgan fingerprint density at radius 3 is 2.38 bits per heavy atom. The van der Waals surface area contributed by atoms with Crippen molar-refractivity contribution >= 4 is 21.8 Å². The van der Waals surface area contributed by atoms with Gasteiger partial charge in [-0.15, -0.1) is 0 Å². The number of carbonyl (C=O) groups is 2. The van der Waals surface area contributed by atoms with Gasteiger partial charge in [0.25, 0.3) is 0 Å². The number of ketones is 1. The van der Waals surface area contributed by atoms with Gasteiger partial charge in [-0.1, -0.05) is 11.6 Å². The van der Waals surface area contributed by atoms with E-state index in [9.17, 15) is 18.0 Å². The van der Waals surface area contributed by atoms with E-state index in [0.717, 1.165) is 5.56 Å². The average molecular weight is 415 g/mol. The highest BCUT2D eigenvalue weighted by Gasteiger charge is 2.45. The highest BCUT2D eigenvalue weighted by molar-refractivity contribution is 7.89. The molecule has 0 amide bonds. The minimum atomic E-state index is -3.74. The largest absolute Gasteiger partial charge is 0.486 e. The maximum absolute atomic E-state index is 12.9. The zero-order chi connectivity index (χ0) is 20.8. The van der Waals surface area contributed by atoms with Gasteiger partial charge in [0.05, 0.1) is 22.4 Å². The van der Waals surface area contributed by atoms with E-state index in [0.29, 0.717) is 24.2 Å². The molecule has 2 heterocycles. The van der Waals surface area contributed by atoms with Crippen LogP contribution in [0.5, 0.6) is 5.75 Å². The predicted molar refractivity (Wildman–Crippen MR) is 105 cm³/mol. The van der Waals surface area contributed by atoms with Crippen molar-refractivity contribution < 1.29 is 27.9 Å². The van der Waals surface area contributed by atoms with Gasteiger partial charge in [0, 0.05) is 25.9 Å². The van der Waals surface area contributed by atoms with Gasteiger partial charge >= 0.3 is 5.97 Å². The number of hydrogen-bond acceptors (Lipinski definition) is 5. The van der Waals surface area contributed by atoms with Crippen molar-refractivity contribution in [3.05, 3.63) is 59.2 Å². The summed E-state index contributed by atoms with van der Waals surface area (Å²) in [5.74, 6) is -0.522. The molecule has 8 heteroatoms. The van der Waals surface area contributed by atoms with Crippen LogP contribution in [0.25, 0.3) is 0 Å². The fraction of sp³-hybridized carbons (Fsp3) is 0.333. The third-order valence-corrected chi connectivity index (χ3v) is 7.53. The number of piperidine rings is 1. The summed E-state index contributed by atoms with van der Waals surface area (Å²) < 4.78 is 33.4. The quantitative estimate of drug-likeness (QED) is 0.827. The SMILES string of the molecule is Cc1ccc2c(c1)C(=O)CC1(CCN(S(=O)(=O)c3ccc(C(=O)O)cc3)CC1)O2. The minimum Gasteiger partial charge on any atom is -0.486 e. The van der Waals surface area contributed by atoms with Crippen molar-refractivity contribution in [2.45, 2.75) is 36.7 Å². The first-order valence-corrected chi connectivity index (χ1v) is 10.8. The summed E-state index contributed by atoms with van der Waals surface area (Å²) in [4.78, 5) is 23.7. The van der Waals surface area contributed by atoms with Crippen molar-refractivity contribution in [2.24, 2.45) is 0 Å². The number of aryl methyl sites for hydroxylation is 1. The number of carboxylic acids is 1. The van der Waals surface area contributed by atoms with E-state index >= 15 is 0 Å². The molecule has 1 spiro atoms. The van der Waals surface area contributed by atoms with Gasteiger partial charge in [-0.2, -0.15) is 4.31 Å². The third kappa shape index (κ3) is 3.54. The number of nitrogens with zero attached hydrogens (tertiary/aromatic N) is 1. The average Bonchev–Trinajstić information content (AvgIpc) is 2.69. The van der Waals surface area contributed by atoms with E-state index < -0.39 is 21.6 Å². The van der Waals surface area contributed by atoms with E-state index in [1.807, 2.05) is 19.1 Å². The number of ether oxygens (including phenoxy) is 1. The second kappa shape index (κ2) is 6.96. The van der Waals surface area contributed by atoms with Crippen molar-refractivity contribution in [2.75, 3.05) is 13.1 Å². The van der Waals surface area contributed by atoms with E-state index in [1.165, 1.54) is 28.6 Å². The molecule has 0 aliphatic carbocycles. The molecule has 0 atom stereocenters. The van der Waals surface area contributed by atoms with Crippen LogP contribution in [0.1, 0.15) is 45.5 Å². The van der Waals surface area contributed by atoms with Crippen LogP contribution in [0.15, 0.2) is 47.4 Å². The maximum Gasteiger partial charge on any atom is 0.335 e.